The van der Waals surface area contributed by atoms with Gasteiger partial charge in [-0.2, -0.15) is 8.78 Å². The average Bonchev–Trinajstić information content (AvgIpc) is 3.04. The lowest BCUT2D eigenvalue weighted by molar-refractivity contribution is -0.219. The topological polar surface area (TPSA) is 110 Å². The summed E-state index contributed by atoms with van der Waals surface area (Å²) in [5.74, 6) is -1.46. The van der Waals surface area contributed by atoms with E-state index in [9.17, 15) is 31.3 Å². The maximum absolute atomic E-state index is 13.5. The van der Waals surface area contributed by atoms with E-state index in [2.05, 4.69) is 110 Å². The second-order valence-electron chi connectivity index (χ2n) is 16.7. The van der Waals surface area contributed by atoms with Crippen LogP contribution in [0.1, 0.15) is 92.6 Å². The largest absolute Gasteiger partial charge is 0.743 e. The highest BCUT2D eigenvalue weighted by Crippen LogP contribution is 2.60. The summed E-state index contributed by atoms with van der Waals surface area (Å²) in [6, 6.07) is 30.7. The summed E-state index contributed by atoms with van der Waals surface area (Å²) < 4.78 is 69.4. The van der Waals surface area contributed by atoms with Crippen molar-refractivity contribution < 1.29 is 40.8 Å². The van der Waals surface area contributed by atoms with Crippen LogP contribution in [0.2, 0.25) is 0 Å². The zero-order valence-electron chi connectivity index (χ0n) is 31.0. The summed E-state index contributed by atoms with van der Waals surface area (Å²) in [7, 11) is -6.29. The van der Waals surface area contributed by atoms with Gasteiger partial charge in [-0.1, -0.05) is 69.3 Å². The Kier molecular flexibility index (Phi) is 11.1. The van der Waals surface area contributed by atoms with Gasteiger partial charge in [0.2, 0.25) is 0 Å². The van der Waals surface area contributed by atoms with Crippen molar-refractivity contribution in [3.63, 3.8) is 0 Å². The zero-order valence-corrected chi connectivity index (χ0v) is 32.6. The smallest absolute Gasteiger partial charge is 0.428 e. The van der Waals surface area contributed by atoms with Crippen LogP contribution >= 0.6 is 0 Å². The molecule has 7 rings (SSSR count). The average molecular weight is 757 g/mol. The Morgan fingerprint density at radius 1 is 0.673 bits per heavy atom. The Morgan fingerprint density at radius 3 is 1.44 bits per heavy atom. The molecule has 4 fully saturated rings. The first-order chi connectivity index (χ1) is 24.0. The van der Waals surface area contributed by atoms with E-state index < -0.39 is 43.9 Å². The molecule has 0 aliphatic heterocycles. The lowest BCUT2D eigenvalue weighted by Crippen LogP contribution is -2.57. The van der Waals surface area contributed by atoms with Gasteiger partial charge in [0, 0.05) is 0 Å². The molecule has 0 radical (unpaired) electrons. The van der Waals surface area contributed by atoms with Crippen LogP contribution in [-0.2, 0) is 45.5 Å². The zero-order chi connectivity index (χ0) is 38.3. The summed E-state index contributed by atoms with van der Waals surface area (Å²) in [6.45, 7) is 12.0. The number of hydrogen-bond donors (Lipinski definition) is 0. The van der Waals surface area contributed by atoms with Crippen LogP contribution in [0.5, 0.6) is 0 Å². The number of carbonyl (C=O) groups is 2. The molecule has 4 aliphatic carbocycles. The van der Waals surface area contributed by atoms with Crippen molar-refractivity contribution in [1.29, 1.82) is 0 Å². The molecule has 3 aromatic rings. The lowest BCUT2D eigenvalue weighted by Gasteiger charge is -2.56. The molecule has 0 saturated heterocycles. The van der Waals surface area contributed by atoms with Crippen LogP contribution in [0.25, 0.3) is 0 Å². The number of alkyl halides is 2. The summed E-state index contributed by atoms with van der Waals surface area (Å²) in [4.78, 5) is 28.9. The molecule has 0 aromatic heterocycles. The minimum absolute atomic E-state index is 0.0497. The van der Waals surface area contributed by atoms with Gasteiger partial charge < -0.3 is 14.0 Å². The van der Waals surface area contributed by atoms with Crippen LogP contribution < -0.4 is 0 Å². The van der Waals surface area contributed by atoms with E-state index in [1.165, 1.54) is 47.9 Å². The van der Waals surface area contributed by atoms with Crippen molar-refractivity contribution in [1.82, 2.24) is 0 Å². The van der Waals surface area contributed by atoms with Crippen LogP contribution in [0.4, 0.5) is 8.78 Å². The molecule has 4 saturated carbocycles. The molecule has 11 heteroatoms. The molecule has 7 nitrogen and oxygen atoms in total. The highest BCUT2D eigenvalue weighted by atomic mass is 32.2. The summed E-state index contributed by atoms with van der Waals surface area (Å²) in [5.41, 5.74) is -2.38. The Balaban J connectivity index is 0.000000206. The molecule has 0 spiro atoms. The second kappa shape index (κ2) is 14.5. The molecule has 4 bridgehead atoms. The van der Waals surface area contributed by atoms with Gasteiger partial charge >= 0.3 is 17.2 Å². The molecule has 3 aromatic carbocycles. The molecule has 0 unspecified atom stereocenters. The Hall–Kier alpha value is -3.28. The third kappa shape index (κ3) is 8.42. The number of rotatable bonds is 9. The van der Waals surface area contributed by atoms with Gasteiger partial charge in [0.15, 0.2) is 24.8 Å². The summed E-state index contributed by atoms with van der Waals surface area (Å²) in [5, 5.41) is -5.23. The van der Waals surface area contributed by atoms with Crippen molar-refractivity contribution in [2.75, 3.05) is 0 Å². The van der Waals surface area contributed by atoms with E-state index in [-0.39, 0.29) is 16.3 Å². The molecular weight excluding hydrogens is 707 g/mol. The van der Waals surface area contributed by atoms with Crippen LogP contribution in [-0.4, -0.2) is 41.4 Å². The van der Waals surface area contributed by atoms with E-state index >= 15 is 0 Å². The molecule has 4 aliphatic rings. The fourth-order valence-electron chi connectivity index (χ4n) is 7.95. The first-order valence-corrected chi connectivity index (χ1v) is 20.4. The molecule has 282 valence electrons. The Morgan fingerprint density at radius 2 is 1.06 bits per heavy atom. The van der Waals surface area contributed by atoms with Gasteiger partial charge in [-0.05, 0) is 131 Å². The fourth-order valence-corrected chi connectivity index (χ4v) is 10.3. The predicted octanol–water partition coefficient (Wildman–Crippen LogP) is 9.06. The van der Waals surface area contributed by atoms with Gasteiger partial charge in [0.1, 0.15) is 11.2 Å². The number of hydrogen-bond acceptors (Lipinski definition) is 7. The number of carbonyl (C=O) groups excluding carboxylic acids is 2. The first-order valence-electron chi connectivity index (χ1n) is 17.8. The van der Waals surface area contributed by atoms with Gasteiger partial charge in [-0.15, -0.1) is 0 Å². The van der Waals surface area contributed by atoms with E-state index in [1.54, 1.807) is 0 Å². The monoisotopic (exact) mass is 756 g/mol. The summed E-state index contributed by atoms with van der Waals surface area (Å²) in [6.07, 6.45) is 5.58. The molecule has 0 amide bonds. The molecular formula is C41H50F2O7S2. The molecule has 0 N–H and O–H groups in total. The van der Waals surface area contributed by atoms with Gasteiger partial charge in [0.25, 0.3) is 0 Å². The van der Waals surface area contributed by atoms with Crippen molar-refractivity contribution >= 4 is 33.0 Å². The SMILES string of the molecule is CC(C)(C)c1ccc([S+](c2ccccc2)c2ccccc2)cc1.CC(C)(OC(=O)C12CC3CC(CC(C3)C1)C2)C(C)(C)OC(=O)C(F)(F)S(=O)(=O)[O-]. The van der Waals surface area contributed by atoms with Gasteiger partial charge in [-0.3, -0.25) is 4.79 Å². The Labute approximate surface area is 310 Å². The van der Waals surface area contributed by atoms with E-state index in [1.807, 2.05) is 0 Å². The minimum Gasteiger partial charge on any atom is -0.743 e. The molecule has 0 heterocycles. The lowest BCUT2D eigenvalue weighted by atomic mass is 9.49. The van der Waals surface area contributed by atoms with Crippen molar-refractivity contribution in [2.24, 2.45) is 23.2 Å². The number of halogens is 2. The first kappa shape index (κ1) is 39.9. The fraction of sp³-hybridized carbons (Fsp3) is 0.512. The summed E-state index contributed by atoms with van der Waals surface area (Å²) >= 11 is 0. The maximum atomic E-state index is 13.5. The number of esters is 2. The number of ether oxygens (including phenoxy) is 2. The van der Waals surface area contributed by atoms with E-state index in [0.717, 1.165) is 38.5 Å². The standard InChI is InChI=1S/C22H23S.C19H28F2O7S/c1-22(2,3)18-14-16-21(17-15-18)23(19-10-6-4-7-11-19)20-12-8-5-9-13-20;1-16(2,17(3,4)28-15(23)19(20,21)29(24,25)26)27-14(22)18-8-11-5-12(9-18)7-13(6-11)10-18/h4-17H,1-3H3;11-13H,5-10H2,1-4H3,(H,24,25,26)/q+1;/p-1. The van der Waals surface area contributed by atoms with Crippen molar-refractivity contribution in [2.45, 2.75) is 124 Å². The highest BCUT2D eigenvalue weighted by molar-refractivity contribution is 7.97. The highest BCUT2D eigenvalue weighted by Gasteiger charge is 2.58. The second-order valence-corrected chi connectivity index (χ2v) is 20.1. The third-order valence-corrected chi connectivity index (χ3v) is 14.1. The minimum atomic E-state index is -6.24. The quantitative estimate of drug-likeness (QED) is 0.122. The molecule has 0 atom stereocenters. The van der Waals surface area contributed by atoms with E-state index in [4.69, 9.17) is 4.74 Å². The maximum Gasteiger partial charge on any atom is 0.428 e. The van der Waals surface area contributed by atoms with Crippen LogP contribution in [0.15, 0.2) is 99.6 Å². The van der Waals surface area contributed by atoms with Crippen molar-refractivity contribution in [3.05, 3.63) is 90.5 Å². The predicted molar refractivity (Wildman–Crippen MR) is 196 cm³/mol. The van der Waals surface area contributed by atoms with E-state index in [0.29, 0.717) is 17.8 Å². The third-order valence-electron chi connectivity index (χ3n) is 11.1. The number of benzene rings is 3. The van der Waals surface area contributed by atoms with Gasteiger partial charge in [-0.25, -0.2) is 13.2 Å². The normalized spacial score (nSPS) is 23.1. The van der Waals surface area contributed by atoms with Crippen LogP contribution in [0, 0.1) is 23.2 Å². The van der Waals surface area contributed by atoms with Crippen molar-refractivity contribution in [3.8, 4) is 0 Å². The van der Waals surface area contributed by atoms with Crippen LogP contribution in [0.3, 0.4) is 0 Å². The van der Waals surface area contributed by atoms with Gasteiger partial charge in [0.05, 0.1) is 16.3 Å². The Bertz CT molecular complexity index is 1760. The molecule has 52 heavy (non-hydrogen) atoms.